The van der Waals surface area contributed by atoms with Gasteiger partial charge in [0.15, 0.2) is 0 Å². The minimum atomic E-state index is -1.12. The Morgan fingerprint density at radius 3 is 2.24 bits per heavy atom. The number of hydrogen-bond acceptors (Lipinski definition) is 9. The van der Waals surface area contributed by atoms with E-state index in [0.29, 0.717) is 17.2 Å². The number of morpholine rings is 2. The van der Waals surface area contributed by atoms with Crippen molar-refractivity contribution < 1.29 is 29.2 Å². The minimum absolute atomic E-state index is 0.0198. The number of carbonyl (C=O) groups is 1. The topological polar surface area (TPSA) is 117 Å². The smallest absolute Gasteiger partial charge is 0.339 e. The van der Waals surface area contributed by atoms with Crippen LogP contribution in [0.2, 0.25) is 5.02 Å². The number of nitrogens with zero attached hydrogens (tertiary/aromatic N) is 4. The van der Waals surface area contributed by atoms with Crippen LogP contribution in [0, 0.1) is 0 Å². The maximum absolute atomic E-state index is 11.5. The van der Waals surface area contributed by atoms with E-state index < -0.39 is 5.97 Å². The Labute approximate surface area is 204 Å². The van der Waals surface area contributed by atoms with Gasteiger partial charge < -0.3 is 24.4 Å². The van der Waals surface area contributed by atoms with Crippen molar-refractivity contribution in [3.8, 4) is 17.3 Å². The van der Waals surface area contributed by atoms with Crippen molar-refractivity contribution in [2.75, 3.05) is 78.9 Å². The average Bonchev–Trinajstić information content (AvgIpc) is 2.86. The first kappa shape index (κ1) is 26.3. The van der Waals surface area contributed by atoms with Crippen molar-refractivity contribution in [3.05, 3.63) is 41.0 Å². The van der Waals surface area contributed by atoms with Crippen LogP contribution in [0.25, 0.3) is 11.3 Å². The minimum Gasteiger partial charge on any atom is -0.478 e. The highest BCUT2D eigenvalue weighted by molar-refractivity contribution is 6.33. The van der Waals surface area contributed by atoms with Crippen LogP contribution in [0.3, 0.4) is 0 Å². The van der Waals surface area contributed by atoms with Crippen LogP contribution < -0.4 is 4.74 Å². The third-order valence-electron chi connectivity index (χ3n) is 5.39. The first-order chi connectivity index (χ1) is 16.6. The number of hydrogen-bond donors (Lipinski definition) is 2. The van der Waals surface area contributed by atoms with Gasteiger partial charge in [-0.3, -0.25) is 9.80 Å². The Kier molecular flexibility index (Phi) is 10.9. The molecule has 4 rings (SSSR count). The van der Waals surface area contributed by atoms with Crippen LogP contribution in [0.4, 0.5) is 0 Å². The summed E-state index contributed by atoms with van der Waals surface area (Å²) in [6, 6.07) is 7.08. The van der Waals surface area contributed by atoms with Gasteiger partial charge in [-0.25, -0.2) is 9.78 Å². The van der Waals surface area contributed by atoms with Crippen molar-refractivity contribution in [1.82, 2.24) is 19.8 Å². The van der Waals surface area contributed by atoms with Crippen molar-refractivity contribution in [2.24, 2.45) is 0 Å². The summed E-state index contributed by atoms with van der Waals surface area (Å²) in [5.74, 6) is -1.12. The molecule has 0 spiro atoms. The molecular weight excluding hydrogens is 464 g/mol. The molecule has 2 fully saturated rings. The van der Waals surface area contributed by atoms with Crippen molar-refractivity contribution >= 4 is 17.6 Å². The molecule has 0 aliphatic carbocycles. The molecule has 0 radical (unpaired) electrons. The summed E-state index contributed by atoms with van der Waals surface area (Å²) in [6.45, 7) is 8.97. The molecule has 11 heteroatoms. The highest BCUT2D eigenvalue weighted by atomic mass is 35.5. The molecule has 0 saturated carbocycles. The van der Waals surface area contributed by atoms with Gasteiger partial charge in [0.25, 0.3) is 0 Å². The van der Waals surface area contributed by atoms with E-state index in [9.17, 15) is 9.90 Å². The van der Waals surface area contributed by atoms with Gasteiger partial charge in [-0.1, -0.05) is 29.8 Å². The Bertz CT molecular complexity index is 904. The van der Waals surface area contributed by atoms with Crippen molar-refractivity contribution in [2.45, 2.75) is 0 Å². The van der Waals surface area contributed by atoms with Gasteiger partial charge in [-0.15, -0.1) is 0 Å². The lowest BCUT2D eigenvalue weighted by molar-refractivity contribution is 0.0306. The van der Waals surface area contributed by atoms with Gasteiger partial charge in [0, 0.05) is 56.1 Å². The Morgan fingerprint density at radius 1 is 1.03 bits per heavy atom. The van der Waals surface area contributed by atoms with Gasteiger partial charge in [0.05, 0.1) is 38.7 Å². The molecule has 2 aromatic rings. The number of carboxylic acids is 1. The molecule has 186 valence electrons. The summed E-state index contributed by atoms with van der Waals surface area (Å²) in [7, 11) is 0. The average molecular weight is 495 g/mol. The number of rotatable bonds is 8. The molecule has 2 aliphatic rings. The molecule has 0 atom stereocenters. The van der Waals surface area contributed by atoms with E-state index in [1.165, 1.54) is 6.20 Å². The third-order valence-corrected chi connectivity index (χ3v) is 5.72. The standard InChI is InChI=1S/C17H18ClN3O4.C6H13NO2/c18-14-4-2-1-3-12(14)15-13(16(22)23)11-19-17(20-15)25-10-7-21-5-8-24-9-6-21;8-4-1-7-2-5-9-6-3-7/h1-4,11H,5-10H2,(H,22,23);8H,1-6H2. The van der Waals surface area contributed by atoms with E-state index >= 15 is 0 Å². The summed E-state index contributed by atoms with van der Waals surface area (Å²) in [5, 5.41) is 18.3. The number of β-amino-alcohol motifs (C(OH)–C–C–N with tert-alkyl or cyclic N) is 1. The number of aromatic carboxylic acids is 1. The van der Waals surface area contributed by atoms with Crippen LogP contribution in [-0.2, 0) is 9.47 Å². The van der Waals surface area contributed by atoms with Gasteiger partial charge in [-0.2, -0.15) is 4.98 Å². The number of aromatic nitrogens is 2. The SMILES string of the molecule is O=C(O)c1cnc(OCCN2CCOCC2)nc1-c1ccccc1Cl.OCCN1CCOCC1. The monoisotopic (exact) mass is 494 g/mol. The molecule has 0 unspecified atom stereocenters. The second kappa shape index (κ2) is 14.1. The molecule has 2 N–H and O–H groups in total. The first-order valence-corrected chi connectivity index (χ1v) is 11.7. The molecule has 34 heavy (non-hydrogen) atoms. The number of benzene rings is 1. The second-order valence-electron chi connectivity index (χ2n) is 7.68. The lowest BCUT2D eigenvalue weighted by Crippen LogP contribution is -2.38. The zero-order valence-electron chi connectivity index (χ0n) is 19.1. The summed E-state index contributed by atoms with van der Waals surface area (Å²) in [4.78, 5) is 24.1. The highest BCUT2D eigenvalue weighted by Crippen LogP contribution is 2.29. The molecule has 1 aromatic heterocycles. The molecule has 1 aromatic carbocycles. The number of halogens is 1. The summed E-state index contributed by atoms with van der Waals surface area (Å²) < 4.78 is 16.0. The lowest BCUT2D eigenvalue weighted by atomic mass is 10.1. The maximum atomic E-state index is 11.5. The quantitative estimate of drug-likeness (QED) is 0.559. The first-order valence-electron chi connectivity index (χ1n) is 11.3. The predicted molar refractivity (Wildman–Crippen MR) is 127 cm³/mol. The van der Waals surface area contributed by atoms with E-state index in [4.69, 9.17) is 30.9 Å². The summed E-state index contributed by atoms with van der Waals surface area (Å²) >= 11 is 6.18. The van der Waals surface area contributed by atoms with Crippen LogP contribution in [0.1, 0.15) is 10.4 Å². The molecular formula is C23H31ClN4O6. The Balaban J connectivity index is 0.000000302. The van der Waals surface area contributed by atoms with E-state index in [1.807, 2.05) is 0 Å². The second-order valence-corrected chi connectivity index (χ2v) is 8.09. The molecule has 3 heterocycles. The molecule has 2 aliphatic heterocycles. The largest absolute Gasteiger partial charge is 0.478 e. The Hall–Kier alpha value is -2.34. The molecule has 0 amide bonds. The van der Waals surface area contributed by atoms with E-state index in [-0.39, 0.29) is 23.9 Å². The number of carboxylic acid groups (broad SMARTS) is 1. The van der Waals surface area contributed by atoms with E-state index in [1.54, 1.807) is 24.3 Å². The van der Waals surface area contributed by atoms with E-state index in [0.717, 1.165) is 65.7 Å². The van der Waals surface area contributed by atoms with Crippen LogP contribution >= 0.6 is 11.6 Å². The number of aliphatic hydroxyl groups is 1. The predicted octanol–water partition coefficient (Wildman–Crippen LogP) is 1.52. The fourth-order valence-electron chi connectivity index (χ4n) is 3.51. The zero-order valence-corrected chi connectivity index (χ0v) is 19.8. The van der Waals surface area contributed by atoms with Gasteiger partial charge in [0.1, 0.15) is 12.2 Å². The maximum Gasteiger partial charge on any atom is 0.339 e. The van der Waals surface area contributed by atoms with Crippen molar-refractivity contribution in [1.29, 1.82) is 0 Å². The van der Waals surface area contributed by atoms with Crippen LogP contribution in [0.15, 0.2) is 30.5 Å². The van der Waals surface area contributed by atoms with Gasteiger partial charge in [0.2, 0.25) is 0 Å². The van der Waals surface area contributed by atoms with Crippen LogP contribution in [-0.4, -0.2) is 115 Å². The molecule has 10 nitrogen and oxygen atoms in total. The number of aliphatic hydroxyl groups excluding tert-OH is 1. The Morgan fingerprint density at radius 2 is 1.65 bits per heavy atom. The lowest BCUT2D eigenvalue weighted by Gasteiger charge is -2.26. The third kappa shape index (κ3) is 8.15. The van der Waals surface area contributed by atoms with Crippen molar-refractivity contribution in [3.63, 3.8) is 0 Å². The highest BCUT2D eigenvalue weighted by Gasteiger charge is 2.18. The van der Waals surface area contributed by atoms with Gasteiger partial charge >= 0.3 is 12.0 Å². The summed E-state index contributed by atoms with van der Waals surface area (Å²) in [5.41, 5.74) is 0.755. The van der Waals surface area contributed by atoms with Gasteiger partial charge in [-0.05, 0) is 6.07 Å². The molecule has 2 saturated heterocycles. The normalized spacial score (nSPS) is 17.0. The number of ether oxygens (including phenoxy) is 3. The fraction of sp³-hybridized carbons (Fsp3) is 0.522. The molecule has 0 bridgehead atoms. The van der Waals surface area contributed by atoms with E-state index in [2.05, 4.69) is 19.8 Å². The summed E-state index contributed by atoms with van der Waals surface area (Å²) in [6.07, 6.45) is 1.25. The van der Waals surface area contributed by atoms with Crippen LogP contribution in [0.5, 0.6) is 6.01 Å². The zero-order chi connectivity index (χ0) is 24.2. The fourth-order valence-corrected chi connectivity index (χ4v) is 3.73.